The summed E-state index contributed by atoms with van der Waals surface area (Å²) in [5.41, 5.74) is -6.32. The molecule has 0 radical (unpaired) electrons. The Labute approximate surface area is 304 Å². The molecule has 288 valence electrons. The fraction of sp³-hybridized carbons (Fsp3) is 0.590. The third kappa shape index (κ3) is 9.56. The van der Waals surface area contributed by atoms with Crippen LogP contribution in [-0.4, -0.2) is 95.9 Å². The fourth-order valence-electron chi connectivity index (χ4n) is 6.89. The van der Waals surface area contributed by atoms with Crippen LogP contribution in [0.15, 0.2) is 60.7 Å². The molecule has 52 heavy (non-hydrogen) atoms. The van der Waals surface area contributed by atoms with Gasteiger partial charge in [0.1, 0.15) is 6.10 Å². The summed E-state index contributed by atoms with van der Waals surface area (Å²) in [6, 6.07) is 9.57. The van der Waals surface area contributed by atoms with Crippen LogP contribution in [0.4, 0.5) is 0 Å². The van der Waals surface area contributed by atoms with E-state index in [0.29, 0.717) is 25.7 Å². The Bertz CT molecular complexity index is 1440. The van der Waals surface area contributed by atoms with Crippen LogP contribution in [0.25, 0.3) is 6.08 Å². The Kier molecular flexibility index (Phi) is 15.8. The number of ether oxygens (including phenoxy) is 3. The first-order valence-electron chi connectivity index (χ1n) is 18.0. The van der Waals surface area contributed by atoms with Crippen molar-refractivity contribution in [2.24, 2.45) is 11.8 Å². The minimum absolute atomic E-state index is 0.0253. The topological polar surface area (TPSA) is 217 Å². The van der Waals surface area contributed by atoms with Gasteiger partial charge in [0, 0.05) is 12.8 Å². The molecule has 13 nitrogen and oxygen atoms in total. The first-order valence-corrected chi connectivity index (χ1v) is 18.0. The summed E-state index contributed by atoms with van der Waals surface area (Å²) < 4.78 is 16.6. The van der Waals surface area contributed by atoms with E-state index in [9.17, 15) is 49.8 Å². The molecule has 4 unspecified atom stereocenters. The van der Waals surface area contributed by atoms with Crippen LogP contribution in [0.1, 0.15) is 97.0 Å². The molecule has 2 saturated heterocycles. The summed E-state index contributed by atoms with van der Waals surface area (Å²) in [7, 11) is 0. The maximum Gasteiger partial charge on any atom is 0.344 e. The molecular formula is C39H54O13. The normalized spacial score (nSPS) is 29.0. The standard InChI is InChI=1S/C39H54O13/c1-4-5-6-7-8-9-10-11-12-13-17-23-29(40)50-32-31(42)37(51-33(34(43)44)38(49,35(45)46)39(32,52-37)36(47)48)25-24-27(3)30(41)26(2)19-18-22-28-20-15-14-16-21-28/h4-5,10-11,14-16,18,20-22,26-27,30-33,41-42,49H,6-9,12-13,17,19,23-25H2,1-3H3,(H,43,44)(H,45,46)(H,47,48)/b5-4+,11-10+,22-18+/t26?,27?,30?,31-,32-,33-,37?,38-,39+/m1/s1. The van der Waals surface area contributed by atoms with Crippen molar-refractivity contribution in [3.8, 4) is 0 Å². The average Bonchev–Trinajstić information content (AvgIpc) is 3.32. The van der Waals surface area contributed by atoms with Gasteiger partial charge in [-0.15, -0.1) is 0 Å². The first kappa shape index (κ1) is 42.5. The molecule has 3 rings (SSSR count). The number of aliphatic hydroxyl groups is 3. The Morgan fingerprint density at radius 1 is 0.885 bits per heavy atom. The van der Waals surface area contributed by atoms with E-state index in [-0.39, 0.29) is 18.8 Å². The third-order valence-electron chi connectivity index (χ3n) is 9.99. The summed E-state index contributed by atoms with van der Waals surface area (Å²) in [5.74, 6) is -10.9. The van der Waals surface area contributed by atoms with Gasteiger partial charge in [0.15, 0.2) is 6.10 Å². The van der Waals surface area contributed by atoms with E-state index in [1.165, 1.54) is 0 Å². The molecule has 1 aromatic carbocycles. The molecule has 2 heterocycles. The van der Waals surface area contributed by atoms with E-state index in [2.05, 4.69) is 12.2 Å². The summed E-state index contributed by atoms with van der Waals surface area (Å²) >= 11 is 0. The van der Waals surface area contributed by atoms with Gasteiger partial charge in [0.2, 0.25) is 23.1 Å². The van der Waals surface area contributed by atoms with Gasteiger partial charge in [-0.05, 0) is 82.1 Å². The number of carbonyl (C=O) groups excluding carboxylic acids is 1. The van der Waals surface area contributed by atoms with Crippen molar-refractivity contribution in [3.63, 3.8) is 0 Å². The molecule has 13 heteroatoms. The number of carboxylic acid groups (broad SMARTS) is 3. The lowest BCUT2D eigenvalue weighted by Gasteiger charge is -2.48. The number of allylic oxidation sites excluding steroid dienone is 5. The lowest BCUT2D eigenvalue weighted by Crippen LogP contribution is -2.78. The van der Waals surface area contributed by atoms with Crippen molar-refractivity contribution in [2.45, 2.75) is 133 Å². The smallest absolute Gasteiger partial charge is 0.344 e. The highest BCUT2D eigenvalue weighted by molar-refractivity contribution is 5.98. The van der Waals surface area contributed by atoms with Gasteiger partial charge >= 0.3 is 23.9 Å². The monoisotopic (exact) mass is 730 g/mol. The van der Waals surface area contributed by atoms with Crippen LogP contribution < -0.4 is 0 Å². The minimum atomic E-state index is -3.83. The number of carboxylic acids is 3. The lowest BCUT2D eigenvalue weighted by molar-refractivity contribution is -0.374. The average molecular weight is 731 g/mol. The van der Waals surface area contributed by atoms with Crippen LogP contribution >= 0.6 is 0 Å². The number of aliphatic hydroxyl groups excluding tert-OH is 2. The van der Waals surface area contributed by atoms with Gasteiger partial charge in [-0.2, -0.15) is 0 Å². The second kappa shape index (κ2) is 19.3. The van der Waals surface area contributed by atoms with Gasteiger partial charge in [0.25, 0.3) is 0 Å². The molecule has 1 aromatic rings. The van der Waals surface area contributed by atoms with Crippen molar-refractivity contribution in [3.05, 3.63) is 66.3 Å². The lowest BCUT2D eigenvalue weighted by atomic mass is 9.74. The van der Waals surface area contributed by atoms with E-state index in [1.807, 2.05) is 68.5 Å². The summed E-state index contributed by atoms with van der Waals surface area (Å²) in [4.78, 5) is 50.9. The number of unbranched alkanes of at least 4 members (excludes halogenated alkanes) is 5. The Hall–Kier alpha value is -3.88. The van der Waals surface area contributed by atoms with Gasteiger partial charge in [0.05, 0.1) is 6.10 Å². The van der Waals surface area contributed by atoms with Crippen LogP contribution in [0.5, 0.6) is 0 Å². The second-order valence-corrected chi connectivity index (χ2v) is 13.8. The van der Waals surface area contributed by atoms with Crippen LogP contribution in [0.3, 0.4) is 0 Å². The molecule has 9 atom stereocenters. The molecule has 0 spiro atoms. The molecular weight excluding hydrogens is 676 g/mol. The number of rotatable bonds is 22. The predicted molar refractivity (Wildman–Crippen MR) is 190 cm³/mol. The Morgan fingerprint density at radius 2 is 1.50 bits per heavy atom. The van der Waals surface area contributed by atoms with E-state index in [4.69, 9.17) is 14.2 Å². The van der Waals surface area contributed by atoms with Crippen molar-refractivity contribution in [2.75, 3.05) is 0 Å². The highest BCUT2D eigenvalue weighted by Crippen LogP contribution is 2.56. The maximum atomic E-state index is 13.0. The minimum Gasteiger partial charge on any atom is -0.479 e. The quantitative estimate of drug-likeness (QED) is 0.0533. The fourth-order valence-corrected chi connectivity index (χ4v) is 6.89. The van der Waals surface area contributed by atoms with Crippen molar-refractivity contribution in [1.29, 1.82) is 0 Å². The van der Waals surface area contributed by atoms with E-state index < -0.39 is 77.6 Å². The number of carbonyl (C=O) groups is 4. The number of hydrogen-bond donors (Lipinski definition) is 6. The van der Waals surface area contributed by atoms with Crippen LogP contribution in [0, 0.1) is 11.8 Å². The predicted octanol–water partition coefficient (Wildman–Crippen LogP) is 4.88. The number of aliphatic carboxylic acids is 3. The molecule has 0 amide bonds. The molecule has 2 aliphatic rings. The van der Waals surface area contributed by atoms with E-state index in [0.717, 1.165) is 31.2 Å². The van der Waals surface area contributed by atoms with E-state index >= 15 is 0 Å². The van der Waals surface area contributed by atoms with Gasteiger partial charge < -0.3 is 44.8 Å². The SMILES string of the molecule is C/C=C/CCCC/C=C/CCCCC(=O)O[C@@H]1[C@@H](O)C2(CCC(C)C(O)C(C)C/C=C/c3ccccc3)O[C@H](C(=O)O)[C@@](O)(C(=O)O)[C@]1(C(=O)O)O2. The van der Waals surface area contributed by atoms with Gasteiger partial charge in [-0.1, -0.05) is 80.6 Å². The zero-order chi connectivity index (χ0) is 38.5. The number of benzene rings is 1. The molecule has 0 aromatic heterocycles. The van der Waals surface area contributed by atoms with E-state index in [1.54, 1.807) is 6.92 Å². The molecule has 2 aliphatic heterocycles. The number of fused-ring (bicyclic) bond motifs is 2. The van der Waals surface area contributed by atoms with Gasteiger partial charge in [-0.3, -0.25) is 4.79 Å². The zero-order valence-corrected chi connectivity index (χ0v) is 30.1. The highest BCUT2D eigenvalue weighted by atomic mass is 16.8. The molecule has 0 saturated carbocycles. The largest absolute Gasteiger partial charge is 0.479 e. The maximum absolute atomic E-state index is 13.0. The van der Waals surface area contributed by atoms with Crippen LogP contribution in [-0.2, 0) is 33.4 Å². The van der Waals surface area contributed by atoms with Crippen LogP contribution in [0.2, 0.25) is 0 Å². The summed E-state index contributed by atoms with van der Waals surface area (Å²) in [6.45, 7) is 5.50. The number of hydrogen-bond acceptors (Lipinski definition) is 10. The Balaban J connectivity index is 1.75. The molecule has 6 N–H and O–H groups in total. The second-order valence-electron chi connectivity index (χ2n) is 13.8. The summed E-state index contributed by atoms with van der Waals surface area (Å²) in [6.07, 6.45) is 9.20. The highest BCUT2D eigenvalue weighted by Gasteiger charge is 2.85. The summed E-state index contributed by atoms with van der Waals surface area (Å²) in [5, 5.41) is 64.6. The van der Waals surface area contributed by atoms with Crippen molar-refractivity contribution in [1.82, 2.24) is 0 Å². The third-order valence-corrected chi connectivity index (χ3v) is 9.99. The first-order chi connectivity index (χ1) is 24.7. The molecule has 0 aliphatic carbocycles. The molecule has 2 fully saturated rings. The Morgan fingerprint density at radius 3 is 2.08 bits per heavy atom. The van der Waals surface area contributed by atoms with Gasteiger partial charge in [-0.25, -0.2) is 14.4 Å². The van der Waals surface area contributed by atoms with Crippen molar-refractivity contribution >= 4 is 30.0 Å². The zero-order valence-electron chi connectivity index (χ0n) is 30.1. The number of esters is 1. The molecule has 2 bridgehead atoms. The van der Waals surface area contributed by atoms with Crippen molar-refractivity contribution < 1.29 is 64.0 Å².